The average molecular weight is 436 g/mol. The number of ether oxygens (including phenoxy) is 1. The van der Waals surface area contributed by atoms with Crippen LogP contribution in [0.5, 0.6) is 5.75 Å². The van der Waals surface area contributed by atoms with Gasteiger partial charge in [0.2, 0.25) is 5.91 Å². The summed E-state index contributed by atoms with van der Waals surface area (Å²) < 4.78 is 6.30. The Balaban J connectivity index is 1.64. The number of thiophene rings is 1. The van der Waals surface area contributed by atoms with Crippen molar-refractivity contribution in [1.29, 1.82) is 0 Å². The van der Waals surface area contributed by atoms with E-state index in [1.807, 2.05) is 0 Å². The van der Waals surface area contributed by atoms with Crippen LogP contribution < -0.4 is 15.6 Å². The van der Waals surface area contributed by atoms with E-state index in [0.717, 1.165) is 0 Å². The van der Waals surface area contributed by atoms with Crippen LogP contribution in [0.25, 0.3) is 21.3 Å². The molecule has 1 N–H and O–H groups in total. The Bertz CT molecular complexity index is 1340. The van der Waals surface area contributed by atoms with Gasteiger partial charge in [-0.1, -0.05) is 12.1 Å². The fourth-order valence-corrected chi connectivity index (χ4v) is 4.02. The summed E-state index contributed by atoms with van der Waals surface area (Å²) in [5.41, 5.74) is 1.20. The first-order chi connectivity index (χ1) is 15.0. The molecule has 4 rings (SSSR count). The number of amides is 1. The molecule has 0 bridgehead atoms. The van der Waals surface area contributed by atoms with Gasteiger partial charge in [-0.25, -0.2) is 4.98 Å². The summed E-state index contributed by atoms with van der Waals surface area (Å²) in [6.07, 6.45) is 1.33. The molecule has 0 saturated heterocycles. The fraction of sp³-hybridized carbons (Fsp3) is 0.0952. The van der Waals surface area contributed by atoms with Crippen LogP contribution in [-0.4, -0.2) is 27.5 Å². The number of methoxy groups -OCH3 is 1. The highest BCUT2D eigenvalue weighted by atomic mass is 32.1. The van der Waals surface area contributed by atoms with Gasteiger partial charge in [0.05, 0.1) is 23.7 Å². The molecule has 1 amide bonds. The zero-order chi connectivity index (χ0) is 22.0. The van der Waals surface area contributed by atoms with Crippen LogP contribution in [0, 0.1) is 10.1 Å². The Labute approximate surface area is 179 Å². The molecular weight excluding hydrogens is 420 g/mol. The van der Waals surface area contributed by atoms with E-state index < -0.39 is 10.5 Å². The maximum atomic E-state index is 13.1. The van der Waals surface area contributed by atoms with Crippen molar-refractivity contribution in [3.8, 4) is 16.9 Å². The quantitative estimate of drug-likeness (QED) is 0.364. The van der Waals surface area contributed by atoms with Gasteiger partial charge < -0.3 is 10.1 Å². The van der Waals surface area contributed by atoms with Crippen molar-refractivity contribution in [2.24, 2.45) is 0 Å². The number of hydrogen-bond acceptors (Lipinski definition) is 7. The van der Waals surface area contributed by atoms with Crippen molar-refractivity contribution >= 4 is 38.8 Å². The highest BCUT2D eigenvalue weighted by Crippen LogP contribution is 2.32. The van der Waals surface area contributed by atoms with Gasteiger partial charge in [0.1, 0.15) is 17.1 Å². The van der Waals surface area contributed by atoms with Crippen molar-refractivity contribution < 1.29 is 14.5 Å². The number of carbonyl (C=O) groups is 1. The van der Waals surface area contributed by atoms with Crippen LogP contribution in [-0.2, 0) is 11.3 Å². The molecule has 0 unspecified atom stereocenters. The second kappa shape index (κ2) is 8.36. The van der Waals surface area contributed by atoms with E-state index in [-0.39, 0.29) is 18.1 Å². The minimum atomic E-state index is -0.488. The molecular formula is C21H16N4O5S. The summed E-state index contributed by atoms with van der Waals surface area (Å²) in [5, 5.41) is 15.9. The first-order valence-electron chi connectivity index (χ1n) is 9.11. The molecule has 4 aromatic rings. The maximum absolute atomic E-state index is 13.1. The monoisotopic (exact) mass is 436 g/mol. The number of nitrogens with zero attached hydrogens (tertiary/aromatic N) is 3. The lowest BCUT2D eigenvalue weighted by Crippen LogP contribution is -2.27. The normalized spacial score (nSPS) is 10.7. The first kappa shape index (κ1) is 20.2. The van der Waals surface area contributed by atoms with E-state index in [4.69, 9.17) is 4.74 Å². The highest BCUT2D eigenvalue weighted by molar-refractivity contribution is 7.17. The number of rotatable bonds is 6. The average Bonchev–Trinajstić information content (AvgIpc) is 3.21. The molecule has 156 valence electrons. The third-order valence-electron chi connectivity index (χ3n) is 4.62. The SMILES string of the molecule is COc1ccc(NC(=O)Cn2cnc3scc(-c4cccc([N+](=O)[O-])c4)c3c2=O)cc1. The third-order valence-corrected chi connectivity index (χ3v) is 5.50. The van der Waals surface area contributed by atoms with Crippen molar-refractivity contribution in [2.45, 2.75) is 6.54 Å². The molecule has 0 aliphatic heterocycles. The van der Waals surface area contributed by atoms with Gasteiger partial charge in [0, 0.05) is 28.8 Å². The topological polar surface area (TPSA) is 116 Å². The fourth-order valence-electron chi connectivity index (χ4n) is 3.11. The van der Waals surface area contributed by atoms with Gasteiger partial charge in [-0.3, -0.25) is 24.3 Å². The molecule has 0 saturated carbocycles. The van der Waals surface area contributed by atoms with Crippen LogP contribution in [0.4, 0.5) is 11.4 Å². The van der Waals surface area contributed by atoms with E-state index in [2.05, 4.69) is 10.3 Å². The number of benzene rings is 2. The number of fused-ring (bicyclic) bond motifs is 1. The lowest BCUT2D eigenvalue weighted by molar-refractivity contribution is -0.384. The summed E-state index contributed by atoms with van der Waals surface area (Å²) in [4.78, 5) is 40.9. The summed E-state index contributed by atoms with van der Waals surface area (Å²) in [7, 11) is 1.55. The van der Waals surface area contributed by atoms with Gasteiger partial charge in [0.25, 0.3) is 11.2 Å². The molecule has 0 fully saturated rings. The minimum Gasteiger partial charge on any atom is -0.497 e. The van der Waals surface area contributed by atoms with Gasteiger partial charge in [-0.05, 0) is 29.8 Å². The van der Waals surface area contributed by atoms with Crippen molar-refractivity contribution in [3.05, 3.63) is 80.7 Å². The second-order valence-electron chi connectivity index (χ2n) is 6.59. The Hall–Kier alpha value is -4.05. The Morgan fingerprint density at radius 2 is 2.03 bits per heavy atom. The van der Waals surface area contributed by atoms with E-state index in [9.17, 15) is 19.7 Å². The molecule has 0 atom stereocenters. The zero-order valence-corrected chi connectivity index (χ0v) is 17.1. The molecule has 0 aliphatic carbocycles. The van der Waals surface area contributed by atoms with Gasteiger partial charge >= 0.3 is 0 Å². The standard InChI is InChI=1S/C21H16N4O5S/c1-30-16-7-5-14(6-8-16)23-18(26)10-24-12-22-20-19(21(24)27)17(11-31-20)13-3-2-4-15(9-13)25(28)29/h2-9,11-12H,10H2,1H3,(H,23,26). The molecule has 0 aliphatic rings. The van der Waals surface area contributed by atoms with E-state index in [1.54, 1.807) is 48.9 Å². The Morgan fingerprint density at radius 1 is 1.26 bits per heavy atom. The van der Waals surface area contributed by atoms with Gasteiger partial charge in [0.15, 0.2) is 0 Å². The summed E-state index contributed by atoms with van der Waals surface area (Å²) in [5.74, 6) is 0.274. The zero-order valence-electron chi connectivity index (χ0n) is 16.3. The Kier molecular flexibility index (Phi) is 5.46. The van der Waals surface area contributed by atoms with Crippen LogP contribution in [0.1, 0.15) is 0 Å². The predicted octanol–water partition coefficient (Wildman–Crippen LogP) is 3.68. The molecule has 2 aromatic heterocycles. The van der Waals surface area contributed by atoms with Crippen LogP contribution in [0.2, 0.25) is 0 Å². The number of carbonyl (C=O) groups excluding carboxylic acids is 1. The minimum absolute atomic E-state index is 0.0695. The number of nitro benzene ring substituents is 1. The number of non-ortho nitro benzene ring substituents is 1. The second-order valence-corrected chi connectivity index (χ2v) is 7.45. The number of aromatic nitrogens is 2. The first-order valence-corrected chi connectivity index (χ1v) is 9.99. The molecule has 31 heavy (non-hydrogen) atoms. The molecule has 2 aromatic carbocycles. The highest BCUT2D eigenvalue weighted by Gasteiger charge is 2.16. The van der Waals surface area contributed by atoms with E-state index >= 15 is 0 Å². The summed E-state index contributed by atoms with van der Waals surface area (Å²) in [6, 6.07) is 12.9. The van der Waals surface area contributed by atoms with Gasteiger partial charge in [-0.2, -0.15) is 0 Å². The van der Waals surface area contributed by atoms with Gasteiger partial charge in [-0.15, -0.1) is 11.3 Å². The van der Waals surface area contributed by atoms with Crippen LogP contribution >= 0.6 is 11.3 Å². The molecule has 2 heterocycles. The number of nitrogens with one attached hydrogen (secondary N) is 1. The largest absolute Gasteiger partial charge is 0.497 e. The van der Waals surface area contributed by atoms with Crippen molar-refractivity contribution in [2.75, 3.05) is 12.4 Å². The van der Waals surface area contributed by atoms with Crippen molar-refractivity contribution in [1.82, 2.24) is 9.55 Å². The summed E-state index contributed by atoms with van der Waals surface area (Å²) in [6.45, 7) is -0.224. The lowest BCUT2D eigenvalue weighted by atomic mass is 10.1. The smallest absolute Gasteiger partial charge is 0.270 e. The van der Waals surface area contributed by atoms with Crippen molar-refractivity contribution in [3.63, 3.8) is 0 Å². The number of anilines is 1. The predicted molar refractivity (Wildman–Crippen MR) is 118 cm³/mol. The molecule has 0 spiro atoms. The molecule has 0 radical (unpaired) electrons. The number of hydrogen-bond donors (Lipinski definition) is 1. The third kappa shape index (κ3) is 4.14. The van der Waals surface area contributed by atoms with Crippen LogP contribution in [0.15, 0.2) is 65.0 Å². The molecule has 10 heteroatoms. The number of nitro groups is 1. The van der Waals surface area contributed by atoms with E-state index in [0.29, 0.717) is 32.8 Å². The lowest BCUT2D eigenvalue weighted by Gasteiger charge is -2.08. The van der Waals surface area contributed by atoms with E-state index in [1.165, 1.54) is 34.4 Å². The molecule has 9 nitrogen and oxygen atoms in total. The summed E-state index contributed by atoms with van der Waals surface area (Å²) >= 11 is 1.26. The van der Waals surface area contributed by atoms with Crippen LogP contribution in [0.3, 0.4) is 0 Å². The maximum Gasteiger partial charge on any atom is 0.270 e. The Morgan fingerprint density at radius 3 is 2.74 bits per heavy atom.